The van der Waals surface area contributed by atoms with Gasteiger partial charge in [0.2, 0.25) is 0 Å². The molecule has 1 aliphatic rings. The fourth-order valence-electron chi connectivity index (χ4n) is 3.29. The van der Waals surface area contributed by atoms with E-state index in [0.717, 1.165) is 44.7 Å². The van der Waals surface area contributed by atoms with Crippen molar-refractivity contribution in [3.63, 3.8) is 0 Å². The number of aromatic nitrogens is 1. The Morgan fingerprint density at radius 3 is 2.48 bits per heavy atom. The van der Waals surface area contributed by atoms with Gasteiger partial charge in [0, 0.05) is 57.1 Å². The van der Waals surface area contributed by atoms with Gasteiger partial charge in [0.1, 0.15) is 0 Å². The second-order valence-corrected chi connectivity index (χ2v) is 8.71. The molecule has 0 bridgehead atoms. The van der Waals surface area contributed by atoms with Gasteiger partial charge in [-0.3, -0.25) is 9.88 Å². The Morgan fingerprint density at radius 1 is 1.04 bits per heavy atom. The van der Waals surface area contributed by atoms with Gasteiger partial charge in [0.15, 0.2) is 9.84 Å². The van der Waals surface area contributed by atoms with Crippen LogP contribution in [0.3, 0.4) is 0 Å². The van der Waals surface area contributed by atoms with E-state index in [0.29, 0.717) is 4.90 Å². The summed E-state index contributed by atoms with van der Waals surface area (Å²) in [5.41, 5.74) is 3.64. The maximum absolute atomic E-state index is 11.6. The molecule has 1 saturated heterocycles. The fourth-order valence-corrected chi connectivity index (χ4v) is 3.92. The summed E-state index contributed by atoms with van der Waals surface area (Å²) in [5, 5.41) is 0. The van der Waals surface area contributed by atoms with E-state index in [4.69, 9.17) is 0 Å². The summed E-state index contributed by atoms with van der Waals surface area (Å²) in [5.74, 6) is 0. The molecular weight excluding hydrogens is 334 g/mol. The van der Waals surface area contributed by atoms with E-state index in [-0.39, 0.29) is 0 Å². The van der Waals surface area contributed by atoms with Crippen LogP contribution >= 0.6 is 0 Å². The first kappa shape index (κ1) is 17.9. The number of pyridine rings is 1. The van der Waals surface area contributed by atoms with Gasteiger partial charge < -0.3 is 4.90 Å². The van der Waals surface area contributed by atoms with Crippen LogP contribution in [0.2, 0.25) is 0 Å². The molecule has 0 saturated carbocycles. The monoisotopic (exact) mass is 359 g/mol. The first-order valence-electron chi connectivity index (χ1n) is 8.60. The SMILES string of the molecule is Cc1cnccc1N1CCCN(Cc2ccc(S(C)(=O)=O)cc2)CC1. The maximum Gasteiger partial charge on any atom is 0.175 e. The molecule has 1 aromatic carbocycles. The largest absolute Gasteiger partial charge is 0.370 e. The molecule has 0 radical (unpaired) electrons. The van der Waals surface area contributed by atoms with E-state index in [2.05, 4.69) is 27.8 Å². The van der Waals surface area contributed by atoms with Crippen LogP contribution < -0.4 is 4.90 Å². The number of anilines is 1. The Kier molecular flexibility index (Phi) is 5.39. The predicted molar refractivity (Wildman–Crippen MR) is 101 cm³/mol. The molecule has 1 fully saturated rings. The lowest BCUT2D eigenvalue weighted by atomic mass is 10.2. The smallest absolute Gasteiger partial charge is 0.175 e. The number of hydrogen-bond acceptors (Lipinski definition) is 5. The molecule has 0 spiro atoms. The summed E-state index contributed by atoms with van der Waals surface area (Å²) < 4.78 is 23.1. The zero-order chi connectivity index (χ0) is 17.9. The number of hydrogen-bond donors (Lipinski definition) is 0. The number of sulfone groups is 1. The van der Waals surface area contributed by atoms with E-state index in [1.54, 1.807) is 12.1 Å². The zero-order valence-electron chi connectivity index (χ0n) is 14.9. The molecule has 25 heavy (non-hydrogen) atoms. The van der Waals surface area contributed by atoms with Gasteiger partial charge in [-0.2, -0.15) is 0 Å². The second-order valence-electron chi connectivity index (χ2n) is 6.70. The molecule has 0 N–H and O–H groups in total. The summed E-state index contributed by atoms with van der Waals surface area (Å²) in [6.07, 6.45) is 6.13. The molecule has 5 nitrogen and oxygen atoms in total. The average molecular weight is 359 g/mol. The van der Waals surface area contributed by atoms with Crippen LogP contribution in [0.4, 0.5) is 5.69 Å². The van der Waals surface area contributed by atoms with Crippen molar-refractivity contribution in [2.24, 2.45) is 0 Å². The molecule has 3 rings (SSSR count). The van der Waals surface area contributed by atoms with Gasteiger partial charge in [-0.1, -0.05) is 12.1 Å². The van der Waals surface area contributed by atoms with E-state index in [1.807, 2.05) is 24.5 Å². The summed E-state index contributed by atoms with van der Waals surface area (Å²) in [6.45, 7) is 7.05. The van der Waals surface area contributed by atoms with Crippen LogP contribution in [0.1, 0.15) is 17.5 Å². The van der Waals surface area contributed by atoms with Crippen molar-refractivity contribution in [1.82, 2.24) is 9.88 Å². The number of benzene rings is 1. The van der Waals surface area contributed by atoms with Gasteiger partial charge in [-0.25, -0.2) is 8.42 Å². The van der Waals surface area contributed by atoms with Crippen LogP contribution in [-0.2, 0) is 16.4 Å². The summed E-state index contributed by atoms with van der Waals surface area (Å²) in [4.78, 5) is 9.43. The Balaban J connectivity index is 1.63. The van der Waals surface area contributed by atoms with Crippen molar-refractivity contribution in [2.45, 2.75) is 24.8 Å². The first-order valence-corrected chi connectivity index (χ1v) is 10.5. The van der Waals surface area contributed by atoms with E-state index < -0.39 is 9.84 Å². The maximum atomic E-state index is 11.6. The van der Waals surface area contributed by atoms with Crippen LogP contribution in [0.25, 0.3) is 0 Å². The standard InChI is InChI=1S/C19H25N3O2S/c1-16-14-20-9-8-19(16)22-11-3-10-21(12-13-22)15-17-4-6-18(7-5-17)25(2,23)24/h4-9,14H,3,10-13,15H2,1-2H3. The minimum atomic E-state index is -3.13. The van der Waals surface area contributed by atoms with E-state index >= 15 is 0 Å². The van der Waals surface area contributed by atoms with Crippen molar-refractivity contribution >= 4 is 15.5 Å². The number of nitrogens with zero attached hydrogens (tertiary/aromatic N) is 3. The van der Waals surface area contributed by atoms with Crippen molar-refractivity contribution in [1.29, 1.82) is 0 Å². The zero-order valence-corrected chi connectivity index (χ0v) is 15.7. The predicted octanol–water partition coefficient (Wildman–Crippen LogP) is 2.51. The summed E-state index contributed by atoms with van der Waals surface area (Å²) in [7, 11) is -3.13. The average Bonchev–Trinajstić information content (AvgIpc) is 2.81. The van der Waals surface area contributed by atoms with Gasteiger partial charge in [-0.05, 0) is 42.7 Å². The van der Waals surface area contributed by atoms with Crippen LogP contribution in [0.5, 0.6) is 0 Å². The molecule has 0 aliphatic carbocycles. The molecule has 1 aromatic heterocycles. The second kappa shape index (κ2) is 7.54. The number of rotatable bonds is 4. The highest BCUT2D eigenvalue weighted by Crippen LogP contribution is 2.20. The fraction of sp³-hybridized carbons (Fsp3) is 0.421. The summed E-state index contributed by atoms with van der Waals surface area (Å²) in [6, 6.07) is 9.34. The molecule has 134 valence electrons. The molecule has 2 aromatic rings. The third-order valence-electron chi connectivity index (χ3n) is 4.68. The minimum absolute atomic E-state index is 0.381. The van der Waals surface area contributed by atoms with Gasteiger partial charge in [0.25, 0.3) is 0 Å². The Hall–Kier alpha value is -1.92. The van der Waals surface area contributed by atoms with Gasteiger partial charge in [0.05, 0.1) is 4.90 Å². The van der Waals surface area contributed by atoms with Crippen molar-refractivity contribution in [3.05, 3.63) is 53.9 Å². The van der Waals surface area contributed by atoms with Crippen LogP contribution in [-0.4, -0.2) is 50.7 Å². The number of aryl methyl sites for hydroxylation is 1. The Morgan fingerprint density at radius 2 is 1.80 bits per heavy atom. The molecule has 6 heteroatoms. The molecule has 0 amide bonds. The molecular formula is C19H25N3O2S. The lowest BCUT2D eigenvalue weighted by Crippen LogP contribution is -2.30. The Labute approximate surface area is 150 Å². The molecule has 0 atom stereocenters. The lowest BCUT2D eigenvalue weighted by molar-refractivity contribution is 0.285. The topological polar surface area (TPSA) is 53.5 Å². The van der Waals surface area contributed by atoms with Crippen molar-refractivity contribution < 1.29 is 8.42 Å². The van der Waals surface area contributed by atoms with E-state index in [9.17, 15) is 8.42 Å². The highest BCUT2D eigenvalue weighted by Gasteiger charge is 2.17. The van der Waals surface area contributed by atoms with Crippen LogP contribution in [0.15, 0.2) is 47.6 Å². The van der Waals surface area contributed by atoms with Gasteiger partial charge in [-0.15, -0.1) is 0 Å². The third-order valence-corrected chi connectivity index (χ3v) is 5.81. The van der Waals surface area contributed by atoms with Gasteiger partial charge >= 0.3 is 0 Å². The highest BCUT2D eigenvalue weighted by atomic mass is 32.2. The first-order chi connectivity index (χ1) is 11.9. The lowest BCUT2D eigenvalue weighted by Gasteiger charge is -2.25. The molecule has 2 heterocycles. The van der Waals surface area contributed by atoms with Crippen molar-refractivity contribution in [3.8, 4) is 0 Å². The normalized spacial score (nSPS) is 16.6. The van der Waals surface area contributed by atoms with E-state index in [1.165, 1.54) is 17.5 Å². The highest BCUT2D eigenvalue weighted by molar-refractivity contribution is 7.90. The van der Waals surface area contributed by atoms with Crippen LogP contribution in [0, 0.1) is 6.92 Å². The third kappa shape index (κ3) is 4.58. The quantitative estimate of drug-likeness (QED) is 0.840. The van der Waals surface area contributed by atoms with Crippen molar-refractivity contribution in [2.75, 3.05) is 37.3 Å². The minimum Gasteiger partial charge on any atom is -0.370 e. The summed E-state index contributed by atoms with van der Waals surface area (Å²) >= 11 is 0. The Bertz CT molecular complexity index is 819. The molecule has 0 unspecified atom stereocenters. The molecule has 1 aliphatic heterocycles.